The van der Waals surface area contributed by atoms with Crippen molar-refractivity contribution in [3.8, 4) is 0 Å². The summed E-state index contributed by atoms with van der Waals surface area (Å²) in [6, 6.07) is 7.72. The molecule has 0 saturated carbocycles. The second-order valence-corrected chi connectivity index (χ2v) is 4.60. The number of primary amides is 1. The maximum absolute atomic E-state index is 11.9. The molecule has 0 unspecified atom stereocenters. The van der Waals surface area contributed by atoms with Gasteiger partial charge in [0.05, 0.1) is 6.54 Å². The topological polar surface area (TPSA) is 101 Å². The Labute approximate surface area is 117 Å². The molecule has 0 radical (unpaired) electrons. The predicted molar refractivity (Wildman–Crippen MR) is 72.9 cm³/mol. The zero-order chi connectivity index (χ0) is 15.1. The van der Waals surface area contributed by atoms with Gasteiger partial charge in [-0.1, -0.05) is 29.8 Å². The molecule has 0 saturated heterocycles. The molecule has 3 N–H and O–H groups in total. The first-order valence-corrected chi connectivity index (χ1v) is 6.22. The molecule has 20 heavy (non-hydrogen) atoms. The number of carboxylic acid groups (broad SMARTS) is 1. The van der Waals surface area contributed by atoms with Crippen LogP contribution in [0.4, 0.5) is 0 Å². The van der Waals surface area contributed by atoms with E-state index < -0.39 is 24.3 Å². The number of aliphatic carboxylic acids is 1. The van der Waals surface area contributed by atoms with Crippen LogP contribution in [0.1, 0.15) is 17.5 Å². The Hall–Kier alpha value is -2.37. The lowest BCUT2D eigenvalue weighted by atomic mass is 10.1. The summed E-state index contributed by atoms with van der Waals surface area (Å²) in [4.78, 5) is 34.4. The highest BCUT2D eigenvalue weighted by Crippen LogP contribution is 2.07. The molecular formula is C14H18N2O4. The van der Waals surface area contributed by atoms with E-state index in [0.717, 1.165) is 16.0 Å². The molecule has 0 aliphatic carbocycles. The molecule has 1 aromatic rings. The maximum atomic E-state index is 11.9. The molecule has 0 heterocycles. The second kappa shape index (κ2) is 7.28. The number of carbonyl (C=O) groups excluding carboxylic acids is 2. The number of rotatable bonds is 7. The summed E-state index contributed by atoms with van der Waals surface area (Å²) in [6.45, 7) is 1.07. The van der Waals surface area contributed by atoms with Gasteiger partial charge in [-0.15, -0.1) is 0 Å². The molecule has 6 nitrogen and oxygen atoms in total. The molecular weight excluding hydrogens is 260 g/mol. The minimum atomic E-state index is -1.17. The normalized spacial score (nSPS) is 10.1. The van der Waals surface area contributed by atoms with Gasteiger partial charge in [-0.3, -0.25) is 14.4 Å². The number of amides is 2. The van der Waals surface area contributed by atoms with Gasteiger partial charge in [0.2, 0.25) is 11.8 Å². The Bertz CT molecular complexity index is 480. The van der Waals surface area contributed by atoms with Crippen molar-refractivity contribution in [2.24, 2.45) is 5.73 Å². The van der Waals surface area contributed by atoms with Crippen molar-refractivity contribution in [3.05, 3.63) is 35.4 Å². The van der Waals surface area contributed by atoms with Gasteiger partial charge in [-0.05, 0) is 18.9 Å². The number of aryl methyl sites for hydroxylation is 2. The Kier molecular flexibility index (Phi) is 5.71. The van der Waals surface area contributed by atoms with Gasteiger partial charge < -0.3 is 15.7 Å². The smallest absolute Gasteiger partial charge is 0.323 e. The van der Waals surface area contributed by atoms with Gasteiger partial charge in [0, 0.05) is 6.42 Å². The summed E-state index contributed by atoms with van der Waals surface area (Å²) < 4.78 is 0. The summed E-state index contributed by atoms with van der Waals surface area (Å²) in [5.41, 5.74) is 7.12. The maximum Gasteiger partial charge on any atom is 0.323 e. The van der Waals surface area contributed by atoms with E-state index in [0.29, 0.717) is 6.42 Å². The number of hydrogen-bond donors (Lipinski definition) is 2. The van der Waals surface area contributed by atoms with Crippen molar-refractivity contribution in [1.82, 2.24) is 4.90 Å². The average molecular weight is 278 g/mol. The molecule has 108 valence electrons. The highest BCUT2D eigenvalue weighted by molar-refractivity contribution is 5.86. The molecule has 2 amide bonds. The van der Waals surface area contributed by atoms with E-state index in [1.165, 1.54) is 0 Å². The van der Waals surface area contributed by atoms with E-state index in [4.69, 9.17) is 10.8 Å². The SMILES string of the molecule is Cc1ccc(CCC(=O)N(CC(N)=O)CC(=O)O)cc1. The van der Waals surface area contributed by atoms with Crippen LogP contribution in [-0.2, 0) is 20.8 Å². The number of hydrogen-bond acceptors (Lipinski definition) is 3. The van der Waals surface area contributed by atoms with Crippen LogP contribution in [0.15, 0.2) is 24.3 Å². The van der Waals surface area contributed by atoms with E-state index in [1.807, 2.05) is 31.2 Å². The fourth-order valence-electron chi connectivity index (χ4n) is 1.75. The zero-order valence-corrected chi connectivity index (χ0v) is 11.3. The molecule has 0 aromatic heterocycles. The van der Waals surface area contributed by atoms with E-state index in [1.54, 1.807) is 0 Å². The molecule has 6 heteroatoms. The van der Waals surface area contributed by atoms with Crippen molar-refractivity contribution < 1.29 is 19.5 Å². The fourth-order valence-corrected chi connectivity index (χ4v) is 1.75. The molecule has 0 spiro atoms. The fraction of sp³-hybridized carbons (Fsp3) is 0.357. The van der Waals surface area contributed by atoms with E-state index >= 15 is 0 Å². The Morgan fingerprint density at radius 3 is 2.25 bits per heavy atom. The summed E-state index contributed by atoms with van der Waals surface area (Å²) in [5, 5.41) is 8.72. The minimum Gasteiger partial charge on any atom is -0.480 e. The molecule has 1 aromatic carbocycles. The average Bonchev–Trinajstić information content (AvgIpc) is 2.36. The van der Waals surface area contributed by atoms with Crippen LogP contribution < -0.4 is 5.73 Å². The van der Waals surface area contributed by atoms with Crippen molar-refractivity contribution in [3.63, 3.8) is 0 Å². The monoisotopic (exact) mass is 278 g/mol. The standard InChI is InChI=1S/C14H18N2O4/c1-10-2-4-11(5-3-10)6-7-13(18)16(8-12(15)17)9-14(19)20/h2-5H,6-9H2,1H3,(H2,15,17)(H,19,20). The lowest BCUT2D eigenvalue weighted by Gasteiger charge is -2.18. The van der Waals surface area contributed by atoms with Gasteiger partial charge in [0.25, 0.3) is 0 Å². The lowest BCUT2D eigenvalue weighted by molar-refractivity contribution is -0.145. The minimum absolute atomic E-state index is 0.142. The van der Waals surface area contributed by atoms with Crippen LogP contribution in [0.5, 0.6) is 0 Å². The molecule has 1 rings (SSSR count). The Morgan fingerprint density at radius 1 is 1.15 bits per heavy atom. The van der Waals surface area contributed by atoms with Crippen LogP contribution in [0, 0.1) is 6.92 Å². The molecule has 0 aliphatic rings. The van der Waals surface area contributed by atoms with E-state index in [-0.39, 0.29) is 13.0 Å². The summed E-state index contributed by atoms with van der Waals surface area (Å²) >= 11 is 0. The quantitative estimate of drug-likeness (QED) is 0.750. The Morgan fingerprint density at radius 2 is 1.75 bits per heavy atom. The lowest BCUT2D eigenvalue weighted by Crippen LogP contribution is -2.41. The number of benzene rings is 1. The van der Waals surface area contributed by atoms with Gasteiger partial charge in [-0.25, -0.2) is 0 Å². The number of nitrogens with two attached hydrogens (primary N) is 1. The van der Waals surface area contributed by atoms with Gasteiger partial charge in [0.15, 0.2) is 0 Å². The van der Waals surface area contributed by atoms with Crippen molar-refractivity contribution in [1.29, 1.82) is 0 Å². The van der Waals surface area contributed by atoms with E-state index in [9.17, 15) is 14.4 Å². The van der Waals surface area contributed by atoms with Crippen LogP contribution >= 0.6 is 0 Å². The van der Waals surface area contributed by atoms with E-state index in [2.05, 4.69) is 0 Å². The molecule has 0 atom stereocenters. The largest absolute Gasteiger partial charge is 0.480 e. The van der Waals surface area contributed by atoms with Gasteiger partial charge >= 0.3 is 5.97 Å². The summed E-state index contributed by atoms with van der Waals surface area (Å²) in [6.07, 6.45) is 0.637. The third-order valence-corrected chi connectivity index (χ3v) is 2.77. The third kappa shape index (κ3) is 5.51. The van der Waals surface area contributed by atoms with Crippen LogP contribution in [-0.4, -0.2) is 40.9 Å². The molecule has 0 aliphatic heterocycles. The van der Waals surface area contributed by atoms with Crippen LogP contribution in [0.3, 0.4) is 0 Å². The van der Waals surface area contributed by atoms with Gasteiger partial charge in [0.1, 0.15) is 6.54 Å². The first-order valence-electron chi connectivity index (χ1n) is 6.22. The third-order valence-electron chi connectivity index (χ3n) is 2.77. The molecule has 0 bridgehead atoms. The van der Waals surface area contributed by atoms with Crippen LogP contribution in [0.25, 0.3) is 0 Å². The number of nitrogens with zero attached hydrogens (tertiary/aromatic N) is 1. The van der Waals surface area contributed by atoms with Crippen molar-refractivity contribution in [2.75, 3.05) is 13.1 Å². The molecule has 0 fully saturated rings. The van der Waals surface area contributed by atoms with Gasteiger partial charge in [-0.2, -0.15) is 0 Å². The summed E-state index contributed by atoms with van der Waals surface area (Å²) in [5.74, 6) is -2.29. The van der Waals surface area contributed by atoms with Crippen molar-refractivity contribution in [2.45, 2.75) is 19.8 Å². The van der Waals surface area contributed by atoms with Crippen molar-refractivity contribution >= 4 is 17.8 Å². The van der Waals surface area contributed by atoms with Crippen LogP contribution in [0.2, 0.25) is 0 Å². The number of carbonyl (C=O) groups is 3. The first-order chi connectivity index (χ1) is 9.38. The summed E-state index contributed by atoms with van der Waals surface area (Å²) in [7, 11) is 0. The first kappa shape index (κ1) is 15.7. The highest BCUT2D eigenvalue weighted by Gasteiger charge is 2.18. The number of carboxylic acids is 1. The zero-order valence-electron chi connectivity index (χ0n) is 11.3. The highest BCUT2D eigenvalue weighted by atomic mass is 16.4. The predicted octanol–water partition coefficient (Wildman–Crippen LogP) is 0.326. The Balaban J connectivity index is 2.58. The second-order valence-electron chi connectivity index (χ2n) is 4.60.